The normalized spacial score (nSPS) is 10.4. The molecule has 3 aromatic rings. The number of rotatable bonds is 5. The quantitative estimate of drug-likeness (QED) is 0.713. The van der Waals surface area contributed by atoms with Crippen molar-refractivity contribution in [2.45, 2.75) is 6.92 Å². The Morgan fingerprint density at radius 1 is 1.08 bits per heavy atom. The van der Waals surface area contributed by atoms with E-state index < -0.39 is 5.91 Å². The molecule has 0 saturated carbocycles. The predicted octanol–water partition coefficient (Wildman–Crippen LogP) is 3.47. The van der Waals surface area contributed by atoms with Crippen molar-refractivity contribution in [3.63, 3.8) is 0 Å². The van der Waals surface area contributed by atoms with E-state index in [0.717, 1.165) is 0 Å². The monoisotopic (exact) mass is 353 g/mol. The molecule has 7 heteroatoms. The lowest BCUT2D eigenvalue weighted by Crippen LogP contribution is -2.14. The Kier molecular flexibility index (Phi) is 4.79. The fourth-order valence-corrected chi connectivity index (χ4v) is 2.37. The Morgan fingerprint density at radius 3 is 2.31 bits per heavy atom. The third-order valence-corrected chi connectivity index (χ3v) is 3.76. The maximum absolute atomic E-state index is 13.1. The van der Waals surface area contributed by atoms with Crippen LogP contribution in [0.15, 0.2) is 54.7 Å². The molecule has 1 amide bonds. The number of anilines is 1. The number of hydrogen-bond acceptors (Lipinski definition) is 4. The van der Waals surface area contributed by atoms with Crippen molar-refractivity contribution in [1.29, 1.82) is 0 Å². The highest BCUT2D eigenvalue weighted by molar-refractivity contribution is 6.05. The number of carbonyl (C=O) groups is 2. The fourth-order valence-electron chi connectivity index (χ4n) is 2.37. The van der Waals surface area contributed by atoms with E-state index in [1.807, 2.05) is 0 Å². The van der Waals surface area contributed by atoms with E-state index in [9.17, 15) is 14.0 Å². The highest BCUT2D eigenvalue weighted by Crippen LogP contribution is 2.21. The van der Waals surface area contributed by atoms with Crippen LogP contribution in [0.1, 0.15) is 27.8 Å². The van der Waals surface area contributed by atoms with E-state index in [-0.39, 0.29) is 23.0 Å². The molecule has 132 valence electrons. The SMILES string of the molecule is COc1cn(-c2ccc(F)cc2)nc1C(=O)Nc1ccc(C(C)=O)cc1. The largest absolute Gasteiger partial charge is 0.493 e. The van der Waals surface area contributed by atoms with Crippen molar-refractivity contribution < 1.29 is 18.7 Å². The second-order valence-corrected chi connectivity index (χ2v) is 5.55. The van der Waals surface area contributed by atoms with E-state index in [0.29, 0.717) is 16.9 Å². The van der Waals surface area contributed by atoms with Crippen LogP contribution in [-0.4, -0.2) is 28.6 Å². The number of amides is 1. The standard InChI is InChI=1S/C19H16FN3O3/c1-12(24)13-3-7-15(8-4-13)21-19(25)18-17(26-2)11-23(22-18)16-9-5-14(20)6-10-16/h3-11H,1-2H3,(H,21,25). The molecule has 2 aromatic carbocycles. The number of Topliss-reactive ketones (excluding diaryl/α,β-unsaturated/α-hetero) is 1. The van der Waals surface area contributed by atoms with E-state index in [2.05, 4.69) is 10.4 Å². The summed E-state index contributed by atoms with van der Waals surface area (Å²) >= 11 is 0. The van der Waals surface area contributed by atoms with Gasteiger partial charge in [0.1, 0.15) is 5.82 Å². The first-order valence-electron chi connectivity index (χ1n) is 7.80. The molecule has 26 heavy (non-hydrogen) atoms. The van der Waals surface area contributed by atoms with Gasteiger partial charge in [0.25, 0.3) is 5.91 Å². The third-order valence-electron chi connectivity index (χ3n) is 3.76. The summed E-state index contributed by atoms with van der Waals surface area (Å²) < 4.78 is 19.7. The highest BCUT2D eigenvalue weighted by atomic mass is 19.1. The summed E-state index contributed by atoms with van der Waals surface area (Å²) in [6.07, 6.45) is 1.54. The van der Waals surface area contributed by atoms with Gasteiger partial charge in [0.05, 0.1) is 19.0 Å². The first-order chi connectivity index (χ1) is 12.5. The summed E-state index contributed by atoms with van der Waals surface area (Å²) in [6, 6.07) is 12.2. The molecule has 0 aliphatic carbocycles. The van der Waals surface area contributed by atoms with Crippen LogP contribution in [0.3, 0.4) is 0 Å². The van der Waals surface area contributed by atoms with Crippen molar-refractivity contribution in [1.82, 2.24) is 9.78 Å². The molecule has 3 rings (SSSR count). The average molecular weight is 353 g/mol. The topological polar surface area (TPSA) is 73.2 Å². The fraction of sp³-hybridized carbons (Fsp3) is 0.105. The second kappa shape index (κ2) is 7.18. The summed E-state index contributed by atoms with van der Waals surface area (Å²) in [7, 11) is 1.43. The molecular weight excluding hydrogens is 337 g/mol. The molecule has 0 atom stereocenters. The van der Waals surface area contributed by atoms with Crippen LogP contribution in [0.25, 0.3) is 5.69 Å². The zero-order valence-corrected chi connectivity index (χ0v) is 14.2. The van der Waals surface area contributed by atoms with Crippen LogP contribution in [0.4, 0.5) is 10.1 Å². The van der Waals surface area contributed by atoms with Crippen molar-refractivity contribution in [2.75, 3.05) is 12.4 Å². The lowest BCUT2D eigenvalue weighted by atomic mass is 10.1. The summed E-state index contributed by atoms with van der Waals surface area (Å²) in [5.74, 6) is -0.590. The Labute approximate surface area is 149 Å². The molecule has 0 spiro atoms. The number of benzene rings is 2. The van der Waals surface area contributed by atoms with Gasteiger partial charge in [-0.05, 0) is 55.5 Å². The minimum Gasteiger partial charge on any atom is -0.493 e. The zero-order chi connectivity index (χ0) is 18.7. The summed E-state index contributed by atoms with van der Waals surface area (Å²) in [6.45, 7) is 1.47. The third kappa shape index (κ3) is 3.61. The lowest BCUT2D eigenvalue weighted by molar-refractivity contribution is 0.101. The number of aromatic nitrogens is 2. The average Bonchev–Trinajstić information content (AvgIpc) is 3.07. The number of halogens is 1. The van der Waals surface area contributed by atoms with E-state index >= 15 is 0 Å². The number of nitrogens with one attached hydrogen (secondary N) is 1. The van der Waals surface area contributed by atoms with Crippen LogP contribution in [0.5, 0.6) is 5.75 Å². The molecule has 1 aromatic heterocycles. The first kappa shape index (κ1) is 17.3. The van der Waals surface area contributed by atoms with Gasteiger partial charge in [0, 0.05) is 11.3 Å². The molecule has 0 saturated heterocycles. The Bertz CT molecular complexity index is 947. The Balaban J connectivity index is 1.84. The molecule has 0 aliphatic rings. The van der Waals surface area contributed by atoms with Gasteiger partial charge in [-0.1, -0.05) is 0 Å². The maximum atomic E-state index is 13.1. The van der Waals surface area contributed by atoms with Gasteiger partial charge >= 0.3 is 0 Å². The van der Waals surface area contributed by atoms with Gasteiger partial charge in [0.2, 0.25) is 0 Å². The number of nitrogens with zero attached hydrogens (tertiary/aromatic N) is 2. The van der Waals surface area contributed by atoms with Crippen molar-refractivity contribution in [2.24, 2.45) is 0 Å². The number of ketones is 1. The van der Waals surface area contributed by atoms with E-state index in [4.69, 9.17) is 4.74 Å². The van der Waals surface area contributed by atoms with Gasteiger partial charge < -0.3 is 10.1 Å². The molecule has 0 unspecified atom stereocenters. The predicted molar refractivity (Wildman–Crippen MR) is 94.5 cm³/mol. The summed E-state index contributed by atoms with van der Waals surface area (Å²) in [5.41, 5.74) is 1.77. The molecule has 0 radical (unpaired) electrons. The minimum absolute atomic E-state index is 0.0532. The van der Waals surface area contributed by atoms with Crippen molar-refractivity contribution in [3.8, 4) is 11.4 Å². The number of ether oxygens (including phenoxy) is 1. The molecule has 0 fully saturated rings. The molecular formula is C19H16FN3O3. The number of methoxy groups -OCH3 is 1. The molecule has 6 nitrogen and oxygen atoms in total. The molecule has 1 N–H and O–H groups in total. The first-order valence-corrected chi connectivity index (χ1v) is 7.80. The van der Waals surface area contributed by atoms with Crippen LogP contribution in [0, 0.1) is 5.82 Å². The smallest absolute Gasteiger partial charge is 0.280 e. The molecule has 0 bridgehead atoms. The van der Waals surface area contributed by atoms with E-state index in [1.54, 1.807) is 42.6 Å². The van der Waals surface area contributed by atoms with Crippen LogP contribution < -0.4 is 10.1 Å². The molecule has 0 aliphatic heterocycles. The summed E-state index contributed by atoms with van der Waals surface area (Å²) in [5, 5.41) is 6.93. The van der Waals surface area contributed by atoms with Gasteiger partial charge in [-0.2, -0.15) is 5.10 Å². The van der Waals surface area contributed by atoms with Crippen LogP contribution in [-0.2, 0) is 0 Å². The Morgan fingerprint density at radius 2 is 1.73 bits per heavy atom. The number of carbonyl (C=O) groups excluding carboxylic acids is 2. The maximum Gasteiger partial charge on any atom is 0.280 e. The zero-order valence-electron chi connectivity index (χ0n) is 14.2. The molecule has 1 heterocycles. The highest BCUT2D eigenvalue weighted by Gasteiger charge is 2.18. The van der Waals surface area contributed by atoms with Crippen LogP contribution >= 0.6 is 0 Å². The minimum atomic E-state index is -0.460. The number of hydrogen-bond donors (Lipinski definition) is 1. The van der Waals surface area contributed by atoms with Gasteiger partial charge in [0.15, 0.2) is 17.2 Å². The van der Waals surface area contributed by atoms with Crippen molar-refractivity contribution >= 4 is 17.4 Å². The van der Waals surface area contributed by atoms with E-state index in [1.165, 1.54) is 30.8 Å². The lowest BCUT2D eigenvalue weighted by Gasteiger charge is -2.05. The van der Waals surface area contributed by atoms with Crippen molar-refractivity contribution in [3.05, 3.63) is 71.8 Å². The Hall–Kier alpha value is -3.48. The second-order valence-electron chi connectivity index (χ2n) is 5.55. The van der Waals surface area contributed by atoms with Gasteiger partial charge in [-0.25, -0.2) is 9.07 Å². The van der Waals surface area contributed by atoms with Gasteiger partial charge in [-0.15, -0.1) is 0 Å². The van der Waals surface area contributed by atoms with Crippen LogP contribution in [0.2, 0.25) is 0 Å². The van der Waals surface area contributed by atoms with Gasteiger partial charge in [-0.3, -0.25) is 9.59 Å². The summed E-state index contributed by atoms with van der Waals surface area (Å²) in [4.78, 5) is 23.8.